The molecule has 27 heavy (non-hydrogen) atoms. The van der Waals surface area contributed by atoms with Gasteiger partial charge in [0.05, 0.1) is 11.3 Å². The Kier molecular flexibility index (Phi) is 4.43. The number of aromatic nitrogens is 3. The van der Waals surface area contributed by atoms with E-state index < -0.39 is 0 Å². The number of aryl methyl sites for hydroxylation is 2. The number of anilines is 1. The lowest BCUT2D eigenvalue weighted by molar-refractivity contribution is 0.0946. The lowest BCUT2D eigenvalue weighted by Gasteiger charge is -2.21. The molecule has 4 rings (SSSR count). The first-order valence-corrected chi connectivity index (χ1v) is 9.19. The van der Waals surface area contributed by atoms with Crippen LogP contribution < -0.4 is 15.8 Å². The van der Waals surface area contributed by atoms with E-state index in [2.05, 4.69) is 51.5 Å². The smallest absolute Gasteiger partial charge is 0.266 e. The third-order valence-electron chi connectivity index (χ3n) is 5.30. The quantitative estimate of drug-likeness (QED) is 0.740. The highest BCUT2D eigenvalue weighted by atomic mass is 16.1. The highest BCUT2D eigenvalue weighted by Gasteiger charge is 2.24. The molecule has 2 N–H and O–H groups in total. The molecule has 0 aliphatic carbocycles. The third-order valence-corrected chi connectivity index (χ3v) is 5.30. The van der Waals surface area contributed by atoms with Crippen LogP contribution in [0.3, 0.4) is 0 Å². The van der Waals surface area contributed by atoms with Crippen LogP contribution in [0.5, 0.6) is 0 Å². The summed E-state index contributed by atoms with van der Waals surface area (Å²) < 4.78 is 1.55. The van der Waals surface area contributed by atoms with Gasteiger partial charge < -0.3 is 10.2 Å². The Morgan fingerprint density at radius 1 is 1.33 bits per heavy atom. The Bertz CT molecular complexity index is 1050. The summed E-state index contributed by atoms with van der Waals surface area (Å²) in [5, 5.41) is 5.69. The Morgan fingerprint density at radius 2 is 2.15 bits per heavy atom. The zero-order chi connectivity index (χ0) is 19.0. The molecule has 0 saturated carbocycles. The SMILES string of the molecule is Cc1ccccc1N1CC[C@@H](CNC(=O)c2cnc3cc(=O)[nH]n3c2C)C1. The van der Waals surface area contributed by atoms with Crippen molar-refractivity contribution in [1.82, 2.24) is 19.9 Å². The highest BCUT2D eigenvalue weighted by Crippen LogP contribution is 2.26. The van der Waals surface area contributed by atoms with E-state index in [-0.39, 0.29) is 11.5 Å². The van der Waals surface area contributed by atoms with Crippen molar-refractivity contribution in [2.75, 3.05) is 24.5 Å². The minimum absolute atomic E-state index is 0.161. The number of carbonyl (C=O) groups is 1. The van der Waals surface area contributed by atoms with Gasteiger partial charge in [0.25, 0.3) is 11.5 Å². The van der Waals surface area contributed by atoms with Crippen LogP contribution >= 0.6 is 0 Å². The van der Waals surface area contributed by atoms with Crippen molar-refractivity contribution >= 4 is 17.2 Å². The molecule has 1 fully saturated rings. The molecular formula is C20H23N5O2. The van der Waals surface area contributed by atoms with Crippen LogP contribution in [0, 0.1) is 19.8 Å². The van der Waals surface area contributed by atoms with Gasteiger partial charge in [0, 0.05) is 37.6 Å². The summed E-state index contributed by atoms with van der Waals surface area (Å²) in [6.07, 6.45) is 2.58. The van der Waals surface area contributed by atoms with Gasteiger partial charge in [-0.05, 0) is 37.8 Å². The molecule has 140 valence electrons. The second-order valence-corrected chi connectivity index (χ2v) is 7.17. The molecule has 3 heterocycles. The lowest BCUT2D eigenvalue weighted by Crippen LogP contribution is -2.32. The largest absolute Gasteiger partial charge is 0.371 e. The fraction of sp³-hybridized carbons (Fsp3) is 0.350. The molecule has 0 spiro atoms. The van der Waals surface area contributed by atoms with Crippen LogP contribution in [0.1, 0.15) is 28.0 Å². The number of benzene rings is 1. The van der Waals surface area contributed by atoms with E-state index in [1.165, 1.54) is 23.5 Å². The van der Waals surface area contributed by atoms with Crippen LogP contribution in [-0.4, -0.2) is 40.1 Å². The first-order chi connectivity index (χ1) is 13.0. The van der Waals surface area contributed by atoms with Crippen LogP contribution in [0.4, 0.5) is 5.69 Å². The molecule has 3 aromatic rings. The number of nitrogens with one attached hydrogen (secondary N) is 2. The molecule has 1 aliphatic rings. The van der Waals surface area contributed by atoms with Gasteiger partial charge in [0.1, 0.15) is 0 Å². The minimum atomic E-state index is -0.231. The summed E-state index contributed by atoms with van der Waals surface area (Å²) in [5.74, 6) is 0.253. The molecule has 0 unspecified atom stereocenters. The van der Waals surface area contributed by atoms with Gasteiger partial charge >= 0.3 is 0 Å². The monoisotopic (exact) mass is 365 g/mol. The second kappa shape index (κ2) is 6.90. The van der Waals surface area contributed by atoms with Crippen molar-refractivity contribution in [1.29, 1.82) is 0 Å². The Hall–Kier alpha value is -3.09. The van der Waals surface area contributed by atoms with Gasteiger partial charge in [-0.2, -0.15) is 0 Å². The maximum atomic E-state index is 12.6. The number of carbonyl (C=O) groups excluding carboxylic acids is 1. The number of para-hydroxylation sites is 1. The molecule has 2 aromatic heterocycles. The number of aromatic amines is 1. The third kappa shape index (κ3) is 3.32. The molecule has 1 aromatic carbocycles. The normalized spacial score (nSPS) is 16.8. The van der Waals surface area contributed by atoms with E-state index in [4.69, 9.17) is 0 Å². The van der Waals surface area contributed by atoms with Crippen molar-refractivity contribution in [2.24, 2.45) is 5.92 Å². The maximum Gasteiger partial charge on any atom is 0.266 e. The van der Waals surface area contributed by atoms with E-state index in [0.29, 0.717) is 29.4 Å². The van der Waals surface area contributed by atoms with Crippen molar-refractivity contribution in [3.05, 3.63) is 63.7 Å². The minimum Gasteiger partial charge on any atom is -0.371 e. The molecule has 0 radical (unpaired) electrons. The standard InChI is InChI=1S/C20H23N5O2/c1-13-5-3-4-6-17(13)24-8-7-15(12-24)10-22-20(27)16-11-21-18-9-19(26)23-25(18)14(16)2/h3-6,9,11,15H,7-8,10,12H2,1-2H3,(H,22,27)(H,23,26)/t15-/m0/s1. The molecule has 1 amide bonds. The first-order valence-electron chi connectivity index (χ1n) is 9.19. The first kappa shape index (κ1) is 17.3. The molecular weight excluding hydrogens is 342 g/mol. The Labute approximate surface area is 157 Å². The number of nitrogens with zero attached hydrogens (tertiary/aromatic N) is 3. The molecule has 0 bridgehead atoms. The summed E-state index contributed by atoms with van der Waals surface area (Å²) in [5.41, 5.74) is 3.98. The van der Waals surface area contributed by atoms with Gasteiger partial charge in [0.2, 0.25) is 0 Å². The van der Waals surface area contributed by atoms with E-state index >= 15 is 0 Å². The molecule has 1 aliphatic heterocycles. The summed E-state index contributed by atoms with van der Waals surface area (Å²) in [6.45, 7) is 6.49. The van der Waals surface area contributed by atoms with E-state index in [1.807, 2.05) is 0 Å². The highest BCUT2D eigenvalue weighted by molar-refractivity contribution is 5.95. The number of amides is 1. The molecule has 1 atom stereocenters. The van der Waals surface area contributed by atoms with E-state index in [0.717, 1.165) is 19.5 Å². The number of H-pyrrole nitrogens is 1. The van der Waals surface area contributed by atoms with Crippen LogP contribution in [0.15, 0.2) is 41.3 Å². The fourth-order valence-corrected chi connectivity index (χ4v) is 3.77. The van der Waals surface area contributed by atoms with Crippen LogP contribution in [0.25, 0.3) is 5.65 Å². The Balaban J connectivity index is 1.41. The number of hydrogen-bond donors (Lipinski definition) is 2. The van der Waals surface area contributed by atoms with Crippen molar-refractivity contribution in [3.63, 3.8) is 0 Å². The number of hydrogen-bond acceptors (Lipinski definition) is 4. The fourth-order valence-electron chi connectivity index (χ4n) is 3.77. The summed E-state index contributed by atoms with van der Waals surface area (Å²) in [4.78, 5) is 30.7. The predicted octanol–water partition coefficient (Wildman–Crippen LogP) is 1.90. The second-order valence-electron chi connectivity index (χ2n) is 7.17. The van der Waals surface area contributed by atoms with Crippen molar-refractivity contribution < 1.29 is 4.79 Å². The van der Waals surface area contributed by atoms with Gasteiger partial charge in [-0.1, -0.05) is 18.2 Å². The number of rotatable bonds is 4. The van der Waals surface area contributed by atoms with Crippen molar-refractivity contribution in [3.8, 4) is 0 Å². The van der Waals surface area contributed by atoms with E-state index in [9.17, 15) is 9.59 Å². The topological polar surface area (TPSA) is 82.5 Å². The van der Waals surface area contributed by atoms with Crippen LogP contribution in [-0.2, 0) is 0 Å². The summed E-state index contributed by atoms with van der Waals surface area (Å²) in [7, 11) is 0. The average Bonchev–Trinajstić information content (AvgIpc) is 3.27. The summed E-state index contributed by atoms with van der Waals surface area (Å²) in [6, 6.07) is 9.81. The molecule has 7 heteroatoms. The predicted molar refractivity (Wildman–Crippen MR) is 104 cm³/mol. The van der Waals surface area contributed by atoms with Gasteiger partial charge in [0.15, 0.2) is 5.65 Å². The lowest BCUT2D eigenvalue weighted by atomic mass is 10.1. The average molecular weight is 365 g/mol. The molecule has 1 saturated heterocycles. The van der Waals surface area contributed by atoms with Crippen LogP contribution in [0.2, 0.25) is 0 Å². The Morgan fingerprint density at radius 3 is 2.96 bits per heavy atom. The van der Waals surface area contributed by atoms with Gasteiger partial charge in [-0.3, -0.25) is 14.7 Å². The van der Waals surface area contributed by atoms with Crippen molar-refractivity contribution in [2.45, 2.75) is 20.3 Å². The summed E-state index contributed by atoms with van der Waals surface area (Å²) >= 11 is 0. The maximum absolute atomic E-state index is 12.6. The number of fused-ring (bicyclic) bond motifs is 1. The molecule has 7 nitrogen and oxygen atoms in total. The zero-order valence-electron chi connectivity index (χ0n) is 15.5. The van der Waals surface area contributed by atoms with E-state index in [1.54, 1.807) is 11.4 Å². The van der Waals surface area contributed by atoms with Gasteiger partial charge in [-0.15, -0.1) is 0 Å². The zero-order valence-corrected chi connectivity index (χ0v) is 15.5. The van der Waals surface area contributed by atoms with Gasteiger partial charge in [-0.25, -0.2) is 9.50 Å².